The molecule has 1 N–H and O–H groups in total. The second kappa shape index (κ2) is 5.80. The Morgan fingerprint density at radius 2 is 1.78 bits per heavy atom. The molecule has 0 saturated carbocycles. The standard InChI is InChI=1S/C15H21NO2/c1-5-8-13(17)16-14(18)11-9-6-7-10-12(11)15(2,3)4/h6-7,9-10H,5,8H2,1-4H3,(H,16,17,18). The molecule has 0 fully saturated rings. The molecule has 0 aromatic heterocycles. The van der Waals surface area contributed by atoms with E-state index < -0.39 is 0 Å². The van der Waals surface area contributed by atoms with Crippen LogP contribution in [0, 0.1) is 0 Å². The molecule has 3 heteroatoms. The minimum absolute atomic E-state index is 0.123. The van der Waals surface area contributed by atoms with Crippen molar-refractivity contribution in [3.8, 4) is 0 Å². The van der Waals surface area contributed by atoms with E-state index in [1.54, 1.807) is 6.07 Å². The molecule has 0 heterocycles. The summed E-state index contributed by atoms with van der Waals surface area (Å²) >= 11 is 0. The summed E-state index contributed by atoms with van der Waals surface area (Å²) in [5.74, 6) is -0.523. The third-order valence-corrected chi connectivity index (χ3v) is 2.71. The van der Waals surface area contributed by atoms with Gasteiger partial charge in [-0.3, -0.25) is 14.9 Å². The molecule has 0 spiro atoms. The van der Waals surface area contributed by atoms with E-state index in [9.17, 15) is 9.59 Å². The summed E-state index contributed by atoms with van der Waals surface area (Å²) in [4.78, 5) is 23.5. The number of rotatable bonds is 3. The van der Waals surface area contributed by atoms with Crippen molar-refractivity contribution in [2.75, 3.05) is 0 Å². The van der Waals surface area contributed by atoms with E-state index in [0.717, 1.165) is 12.0 Å². The van der Waals surface area contributed by atoms with E-state index in [1.165, 1.54) is 0 Å². The molecule has 1 aromatic carbocycles. The molecule has 18 heavy (non-hydrogen) atoms. The van der Waals surface area contributed by atoms with Gasteiger partial charge >= 0.3 is 0 Å². The topological polar surface area (TPSA) is 46.2 Å². The summed E-state index contributed by atoms with van der Waals surface area (Å²) in [6, 6.07) is 7.41. The number of amides is 2. The maximum absolute atomic E-state index is 12.1. The molecule has 98 valence electrons. The lowest BCUT2D eigenvalue weighted by atomic mass is 9.83. The van der Waals surface area contributed by atoms with E-state index in [0.29, 0.717) is 12.0 Å². The second-order valence-corrected chi connectivity index (χ2v) is 5.42. The maximum atomic E-state index is 12.1. The summed E-state index contributed by atoms with van der Waals surface area (Å²) in [7, 11) is 0. The molecular weight excluding hydrogens is 226 g/mol. The minimum Gasteiger partial charge on any atom is -0.292 e. The van der Waals surface area contributed by atoms with Gasteiger partial charge in [0.05, 0.1) is 0 Å². The first-order valence-corrected chi connectivity index (χ1v) is 6.30. The highest BCUT2D eigenvalue weighted by molar-refractivity contribution is 6.05. The van der Waals surface area contributed by atoms with Gasteiger partial charge in [0.1, 0.15) is 0 Å². The average Bonchev–Trinajstić information content (AvgIpc) is 2.28. The number of carbonyl (C=O) groups excluding carboxylic acids is 2. The smallest absolute Gasteiger partial charge is 0.258 e. The molecule has 0 bridgehead atoms. The fourth-order valence-corrected chi connectivity index (χ4v) is 1.82. The first kappa shape index (κ1) is 14.4. The molecule has 2 amide bonds. The highest BCUT2D eigenvalue weighted by Gasteiger charge is 2.21. The van der Waals surface area contributed by atoms with E-state index in [4.69, 9.17) is 0 Å². The van der Waals surface area contributed by atoms with Gasteiger partial charge in [0.2, 0.25) is 5.91 Å². The molecule has 0 aliphatic rings. The molecule has 3 nitrogen and oxygen atoms in total. The Balaban J connectivity index is 2.96. The zero-order valence-electron chi connectivity index (χ0n) is 11.5. The molecule has 1 rings (SSSR count). The highest BCUT2D eigenvalue weighted by atomic mass is 16.2. The van der Waals surface area contributed by atoms with Crippen LogP contribution in [0.25, 0.3) is 0 Å². The van der Waals surface area contributed by atoms with Crippen molar-refractivity contribution in [1.29, 1.82) is 0 Å². The normalized spacial score (nSPS) is 11.1. The SMILES string of the molecule is CCCC(=O)NC(=O)c1ccccc1C(C)(C)C. The van der Waals surface area contributed by atoms with Crippen molar-refractivity contribution >= 4 is 11.8 Å². The first-order valence-electron chi connectivity index (χ1n) is 6.30. The fraction of sp³-hybridized carbons (Fsp3) is 0.467. The summed E-state index contributed by atoms with van der Waals surface area (Å²) < 4.78 is 0. The number of nitrogens with one attached hydrogen (secondary N) is 1. The number of hydrogen-bond donors (Lipinski definition) is 1. The predicted octanol–water partition coefficient (Wildman–Crippen LogP) is 3.04. The van der Waals surface area contributed by atoms with Crippen molar-refractivity contribution in [1.82, 2.24) is 5.32 Å². The van der Waals surface area contributed by atoms with Crippen molar-refractivity contribution in [2.24, 2.45) is 0 Å². The molecular formula is C15H21NO2. The summed E-state index contributed by atoms with van der Waals surface area (Å²) in [5.41, 5.74) is 1.41. The van der Waals surface area contributed by atoms with Gasteiger partial charge in [-0.25, -0.2) is 0 Å². The Morgan fingerprint density at radius 1 is 1.17 bits per heavy atom. The lowest BCUT2D eigenvalue weighted by Gasteiger charge is -2.22. The third kappa shape index (κ3) is 3.69. The van der Waals surface area contributed by atoms with E-state index >= 15 is 0 Å². The molecule has 0 unspecified atom stereocenters. The van der Waals surface area contributed by atoms with Crippen LogP contribution >= 0.6 is 0 Å². The first-order chi connectivity index (χ1) is 8.36. The van der Waals surface area contributed by atoms with E-state index in [-0.39, 0.29) is 17.2 Å². The molecule has 0 atom stereocenters. The van der Waals surface area contributed by atoms with Crippen LogP contribution in [0.4, 0.5) is 0 Å². The van der Waals surface area contributed by atoms with Gasteiger partial charge in [0.15, 0.2) is 0 Å². The zero-order chi connectivity index (χ0) is 13.8. The lowest BCUT2D eigenvalue weighted by molar-refractivity contribution is -0.120. The Bertz CT molecular complexity index is 444. The number of imide groups is 1. The summed E-state index contributed by atoms with van der Waals surface area (Å²) in [6.07, 6.45) is 1.11. The summed E-state index contributed by atoms with van der Waals surface area (Å²) in [6.45, 7) is 8.06. The van der Waals surface area contributed by atoms with Crippen LogP contribution < -0.4 is 5.32 Å². The molecule has 0 aliphatic carbocycles. The van der Waals surface area contributed by atoms with Crippen LogP contribution in [-0.2, 0) is 10.2 Å². The Labute approximate surface area is 109 Å². The van der Waals surface area contributed by atoms with Gasteiger partial charge in [0, 0.05) is 12.0 Å². The van der Waals surface area contributed by atoms with Gasteiger partial charge in [-0.2, -0.15) is 0 Å². The molecule has 0 radical (unpaired) electrons. The molecule has 0 saturated heterocycles. The van der Waals surface area contributed by atoms with Gasteiger partial charge in [-0.1, -0.05) is 45.9 Å². The number of hydrogen-bond acceptors (Lipinski definition) is 2. The Morgan fingerprint density at radius 3 is 2.33 bits per heavy atom. The van der Waals surface area contributed by atoms with E-state index in [1.807, 2.05) is 45.9 Å². The van der Waals surface area contributed by atoms with Gasteiger partial charge in [-0.05, 0) is 23.5 Å². The lowest BCUT2D eigenvalue weighted by Crippen LogP contribution is -2.32. The number of carbonyl (C=O) groups is 2. The Hall–Kier alpha value is -1.64. The van der Waals surface area contributed by atoms with Crippen molar-refractivity contribution in [2.45, 2.75) is 46.0 Å². The quantitative estimate of drug-likeness (QED) is 0.892. The monoisotopic (exact) mass is 247 g/mol. The largest absolute Gasteiger partial charge is 0.292 e. The zero-order valence-corrected chi connectivity index (χ0v) is 11.5. The second-order valence-electron chi connectivity index (χ2n) is 5.42. The van der Waals surface area contributed by atoms with Crippen molar-refractivity contribution in [3.05, 3.63) is 35.4 Å². The van der Waals surface area contributed by atoms with Crippen LogP contribution in [-0.4, -0.2) is 11.8 Å². The van der Waals surface area contributed by atoms with Gasteiger partial charge in [-0.15, -0.1) is 0 Å². The minimum atomic E-state index is -0.307. The summed E-state index contributed by atoms with van der Waals surface area (Å²) in [5, 5.41) is 2.43. The molecule has 1 aromatic rings. The van der Waals surface area contributed by atoms with Crippen LogP contribution in [0.5, 0.6) is 0 Å². The Kier molecular flexibility index (Phi) is 4.65. The predicted molar refractivity (Wildman–Crippen MR) is 72.5 cm³/mol. The fourth-order valence-electron chi connectivity index (χ4n) is 1.82. The third-order valence-electron chi connectivity index (χ3n) is 2.71. The van der Waals surface area contributed by atoms with Crippen LogP contribution in [0.3, 0.4) is 0 Å². The van der Waals surface area contributed by atoms with Gasteiger partial charge < -0.3 is 0 Å². The maximum Gasteiger partial charge on any atom is 0.258 e. The highest BCUT2D eigenvalue weighted by Crippen LogP contribution is 2.25. The number of benzene rings is 1. The van der Waals surface area contributed by atoms with Crippen molar-refractivity contribution < 1.29 is 9.59 Å². The van der Waals surface area contributed by atoms with Crippen LogP contribution in [0.15, 0.2) is 24.3 Å². The van der Waals surface area contributed by atoms with Crippen LogP contribution in [0.2, 0.25) is 0 Å². The van der Waals surface area contributed by atoms with Crippen LogP contribution in [0.1, 0.15) is 56.5 Å². The average molecular weight is 247 g/mol. The molecule has 0 aliphatic heterocycles. The van der Waals surface area contributed by atoms with Gasteiger partial charge in [0.25, 0.3) is 5.91 Å². The van der Waals surface area contributed by atoms with E-state index in [2.05, 4.69) is 5.32 Å². The van der Waals surface area contributed by atoms with Crippen molar-refractivity contribution in [3.63, 3.8) is 0 Å².